The van der Waals surface area contributed by atoms with Crippen LogP contribution >= 0.6 is 7.92 Å². The van der Waals surface area contributed by atoms with Crippen molar-refractivity contribution in [1.29, 1.82) is 0 Å². The van der Waals surface area contributed by atoms with Gasteiger partial charge in [0.15, 0.2) is 0 Å². The molecule has 0 atom stereocenters. The molecule has 0 saturated carbocycles. The molecular formula is C18H16PRb. The summed E-state index contributed by atoms with van der Waals surface area (Å²) in [7, 11) is -0.446. The zero-order valence-electron chi connectivity index (χ0n) is 12.6. The summed E-state index contributed by atoms with van der Waals surface area (Å²) in [6, 6.07) is 32.3. The molecule has 3 aromatic rings. The second-order valence-corrected chi connectivity index (χ2v) is 6.56. The van der Waals surface area contributed by atoms with E-state index in [0.717, 1.165) is 0 Å². The van der Waals surface area contributed by atoms with Crippen molar-refractivity contribution >= 4 is 23.8 Å². The van der Waals surface area contributed by atoms with Crippen LogP contribution in [0.1, 0.15) is 1.43 Å². The van der Waals surface area contributed by atoms with Crippen LogP contribution in [0.2, 0.25) is 0 Å². The summed E-state index contributed by atoms with van der Waals surface area (Å²) < 4.78 is 0. The number of rotatable bonds is 3. The van der Waals surface area contributed by atoms with E-state index in [1.54, 1.807) is 0 Å². The fraction of sp³-hybridized carbons (Fsp3) is 0. The second-order valence-electron chi connectivity index (χ2n) is 4.34. The minimum atomic E-state index is -0.446. The van der Waals surface area contributed by atoms with Crippen molar-refractivity contribution in [2.45, 2.75) is 0 Å². The Morgan fingerprint density at radius 2 is 0.700 bits per heavy atom. The first-order valence-corrected chi connectivity index (χ1v) is 7.74. The maximum atomic E-state index is 2.23. The Balaban J connectivity index is 0.00000110. The van der Waals surface area contributed by atoms with E-state index in [2.05, 4.69) is 91.0 Å². The number of hydrogen-bond donors (Lipinski definition) is 0. The summed E-state index contributed by atoms with van der Waals surface area (Å²) in [5.41, 5.74) is 0. The molecule has 0 fully saturated rings. The van der Waals surface area contributed by atoms with Gasteiger partial charge < -0.3 is 1.43 Å². The maximum Gasteiger partial charge on any atom is 1.00 e. The fourth-order valence-corrected chi connectivity index (χ4v) is 4.48. The first kappa shape index (κ1) is 16.3. The van der Waals surface area contributed by atoms with Gasteiger partial charge in [-0.25, -0.2) is 0 Å². The fourth-order valence-electron chi connectivity index (χ4n) is 2.18. The van der Waals surface area contributed by atoms with Crippen LogP contribution in [0.25, 0.3) is 0 Å². The van der Waals surface area contributed by atoms with Gasteiger partial charge in [0.05, 0.1) is 0 Å². The average Bonchev–Trinajstić information content (AvgIpc) is 2.51. The molecule has 3 rings (SSSR count). The summed E-state index contributed by atoms with van der Waals surface area (Å²) in [5.74, 6) is 0. The molecule has 0 heterocycles. The molecule has 94 valence electrons. The molecule has 0 radical (unpaired) electrons. The summed E-state index contributed by atoms with van der Waals surface area (Å²) in [4.78, 5) is 0. The van der Waals surface area contributed by atoms with Gasteiger partial charge in [-0.15, -0.1) is 0 Å². The largest absolute Gasteiger partial charge is 1.00 e. The minimum absolute atomic E-state index is 0. The van der Waals surface area contributed by atoms with Crippen molar-refractivity contribution < 1.29 is 59.6 Å². The Morgan fingerprint density at radius 3 is 0.950 bits per heavy atom. The normalized spacial score (nSPS) is 10.1. The average molecular weight is 349 g/mol. The molecule has 0 aromatic heterocycles. The van der Waals surface area contributed by atoms with Crippen molar-refractivity contribution in [3.8, 4) is 0 Å². The van der Waals surface area contributed by atoms with Crippen LogP contribution in [0.3, 0.4) is 0 Å². The van der Waals surface area contributed by atoms with Gasteiger partial charge in [0.25, 0.3) is 0 Å². The SMILES string of the molecule is [H-].[Rb+].c1ccc(P(c2ccccc2)c2ccccc2)cc1. The molecule has 0 aliphatic carbocycles. The third kappa shape index (κ3) is 3.96. The van der Waals surface area contributed by atoms with Crippen molar-refractivity contribution in [3.63, 3.8) is 0 Å². The third-order valence-corrected chi connectivity index (χ3v) is 5.49. The predicted molar refractivity (Wildman–Crippen MR) is 86.3 cm³/mol. The molecule has 0 saturated heterocycles. The smallest absolute Gasteiger partial charge is 1.00 e. The molecule has 0 bridgehead atoms. The molecule has 0 aliphatic heterocycles. The standard InChI is InChI=1S/C18H15P.Rb.H/c1-4-10-16(11-5-1)19(17-12-6-2-7-13-17)18-14-8-3-9-15-18;;/h1-15H;;/q;+1;-1. The van der Waals surface area contributed by atoms with Crippen LogP contribution in [0.4, 0.5) is 0 Å². The van der Waals surface area contributed by atoms with Gasteiger partial charge in [-0.1, -0.05) is 91.0 Å². The first-order valence-electron chi connectivity index (χ1n) is 6.40. The topological polar surface area (TPSA) is 0 Å². The summed E-state index contributed by atoms with van der Waals surface area (Å²) in [5, 5.41) is 4.19. The quantitative estimate of drug-likeness (QED) is 0.607. The summed E-state index contributed by atoms with van der Waals surface area (Å²) in [6.45, 7) is 0. The third-order valence-electron chi connectivity index (χ3n) is 3.04. The van der Waals surface area contributed by atoms with Gasteiger partial charge in [0.2, 0.25) is 0 Å². The zero-order valence-corrected chi connectivity index (χ0v) is 17.4. The van der Waals surface area contributed by atoms with E-state index in [1.165, 1.54) is 15.9 Å². The molecule has 0 unspecified atom stereocenters. The Morgan fingerprint density at radius 1 is 0.450 bits per heavy atom. The second kappa shape index (κ2) is 8.37. The minimum Gasteiger partial charge on any atom is -1.00 e. The van der Waals surface area contributed by atoms with Crippen LogP contribution in [0, 0.1) is 0 Å². The van der Waals surface area contributed by atoms with E-state index in [0.29, 0.717) is 0 Å². The molecule has 0 spiro atoms. The molecule has 0 nitrogen and oxygen atoms in total. The molecular weight excluding hydrogens is 333 g/mol. The first-order chi connectivity index (χ1) is 9.45. The van der Waals surface area contributed by atoms with E-state index in [4.69, 9.17) is 0 Å². The van der Waals surface area contributed by atoms with Gasteiger partial charge in [-0.2, -0.15) is 0 Å². The van der Waals surface area contributed by atoms with Gasteiger partial charge in [-0.3, -0.25) is 0 Å². The van der Waals surface area contributed by atoms with Crippen LogP contribution < -0.4 is 74.1 Å². The Bertz CT molecular complexity index is 535. The van der Waals surface area contributed by atoms with Crippen LogP contribution in [0.15, 0.2) is 91.0 Å². The molecule has 0 aliphatic rings. The zero-order chi connectivity index (χ0) is 12.9. The summed E-state index contributed by atoms with van der Waals surface area (Å²) in [6.07, 6.45) is 0. The van der Waals surface area contributed by atoms with E-state index in [-0.39, 0.29) is 59.6 Å². The van der Waals surface area contributed by atoms with Crippen molar-refractivity contribution in [2.24, 2.45) is 0 Å². The Kier molecular flexibility index (Phi) is 6.80. The predicted octanol–water partition coefficient (Wildman–Crippen LogP) is 0.561. The number of benzene rings is 3. The van der Waals surface area contributed by atoms with Crippen molar-refractivity contribution in [2.75, 3.05) is 0 Å². The van der Waals surface area contributed by atoms with E-state index >= 15 is 0 Å². The monoisotopic (exact) mass is 348 g/mol. The van der Waals surface area contributed by atoms with Gasteiger partial charge in [0, 0.05) is 0 Å². The Labute approximate surface area is 172 Å². The van der Waals surface area contributed by atoms with Gasteiger partial charge in [0.1, 0.15) is 0 Å². The number of hydrogen-bond acceptors (Lipinski definition) is 0. The van der Waals surface area contributed by atoms with Crippen LogP contribution in [-0.4, -0.2) is 0 Å². The van der Waals surface area contributed by atoms with Crippen LogP contribution in [0.5, 0.6) is 0 Å². The summed E-state index contributed by atoms with van der Waals surface area (Å²) >= 11 is 0. The van der Waals surface area contributed by atoms with Crippen molar-refractivity contribution in [3.05, 3.63) is 91.0 Å². The molecule has 3 aromatic carbocycles. The molecule has 0 amide bonds. The molecule has 20 heavy (non-hydrogen) atoms. The van der Waals surface area contributed by atoms with E-state index < -0.39 is 7.92 Å². The molecule has 0 N–H and O–H groups in total. The van der Waals surface area contributed by atoms with Gasteiger partial charge in [-0.05, 0) is 23.8 Å². The van der Waals surface area contributed by atoms with E-state index in [9.17, 15) is 0 Å². The van der Waals surface area contributed by atoms with Crippen LogP contribution in [-0.2, 0) is 0 Å². The van der Waals surface area contributed by atoms with Crippen molar-refractivity contribution in [1.82, 2.24) is 0 Å². The van der Waals surface area contributed by atoms with E-state index in [1.807, 2.05) is 0 Å². The molecule has 2 heteroatoms. The maximum absolute atomic E-state index is 2.23. The Hall–Kier alpha value is -0.105. The van der Waals surface area contributed by atoms with Gasteiger partial charge >= 0.3 is 58.2 Å².